The van der Waals surface area contributed by atoms with Gasteiger partial charge in [0.05, 0.1) is 12.0 Å². The summed E-state index contributed by atoms with van der Waals surface area (Å²) in [6.07, 6.45) is 5.25. The molecule has 2 fully saturated rings. The molecule has 0 bridgehead atoms. The van der Waals surface area contributed by atoms with Crippen LogP contribution in [0.25, 0.3) is 11.4 Å². The molecule has 1 amide bonds. The Bertz CT molecular complexity index is 1280. The Morgan fingerprint density at radius 3 is 2.74 bits per heavy atom. The molecule has 3 aliphatic rings. The maximum Gasteiger partial charge on any atom is 0.232 e. The zero-order chi connectivity index (χ0) is 26.3. The number of rotatable bonds is 5. The lowest BCUT2D eigenvalue weighted by molar-refractivity contribution is -0.150. The second-order valence-corrected chi connectivity index (χ2v) is 11.8. The quantitative estimate of drug-likeness (QED) is 0.520. The maximum absolute atomic E-state index is 14.1. The summed E-state index contributed by atoms with van der Waals surface area (Å²) in [4.78, 5) is 18.7. The van der Waals surface area contributed by atoms with Gasteiger partial charge in [0.1, 0.15) is 5.75 Å². The number of tetrazole rings is 1. The first kappa shape index (κ1) is 25.0. The van der Waals surface area contributed by atoms with Crippen LogP contribution in [0, 0.1) is 18.3 Å². The molecule has 200 valence electrons. The third kappa shape index (κ3) is 4.59. The number of aromatic nitrogens is 4. The topological polar surface area (TPSA) is 87.2 Å². The van der Waals surface area contributed by atoms with Crippen molar-refractivity contribution in [3.8, 4) is 17.1 Å². The fraction of sp³-hybridized carbons (Fsp3) is 0.533. The lowest BCUT2D eigenvalue weighted by atomic mass is 9.74. The Balaban J connectivity index is 1.11. The summed E-state index contributed by atoms with van der Waals surface area (Å²) >= 11 is 0. The number of carbonyl (C=O) groups excluding carboxylic acids is 1. The van der Waals surface area contributed by atoms with Crippen molar-refractivity contribution in [3.63, 3.8) is 0 Å². The van der Waals surface area contributed by atoms with E-state index in [1.165, 1.54) is 11.1 Å². The van der Waals surface area contributed by atoms with E-state index in [0.717, 1.165) is 62.1 Å². The van der Waals surface area contributed by atoms with Crippen LogP contribution in [0.3, 0.4) is 0 Å². The summed E-state index contributed by atoms with van der Waals surface area (Å²) in [5, 5.41) is 14.5. The third-order valence-corrected chi connectivity index (χ3v) is 9.30. The summed E-state index contributed by atoms with van der Waals surface area (Å²) in [6.45, 7) is 9.68. The van der Waals surface area contributed by atoms with E-state index in [-0.39, 0.29) is 11.3 Å². The van der Waals surface area contributed by atoms with Gasteiger partial charge in [0.15, 0.2) is 6.73 Å². The number of amides is 1. The molecule has 0 unspecified atom stereocenters. The molecule has 1 N–H and O–H groups in total. The van der Waals surface area contributed by atoms with Crippen LogP contribution in [0.1, 0.15) is 68.6 Å². The summed E-state index contributed by atoms with van der Waals surface area (Å²) < 4.78 is 6.01. The highest BCUT2D eigenvalue weighted by molar-refractivity contribution is 5.83. The summed E-state index contributed by atoms with van der Waals surface area (Å²) in [7, 11) is 0. The molecule has 3 heterocycles. The molecule has 1 saturated carbocycles. The molecule has 1 aromatic heterocycles. The molecule has 8 heteroatoms. The van der Waals surface area contributed by atoms with Crippen LogP contribution in [-0.2, 0) is 11.3 Å². The molecule has 2 aliphatic heterocycles. The van der Waals surface area contributed by atoms with E-state index in [2.05, 4.69) is 76.6 Å². The Hall–Kier alpha value is -3.26. The number of benzene rings is 2. The molecular formula is C30H38N6O2. The average Bonchev–Trinajstić information content (AvgIpc) is 3.64. The molecule has 1 saturated heterocycles. The van der Waals surface area contributed by atoms with Crippen LogP contribution in [0.2, 0.25) is 0 Å². The lowest BCUT2D eigenvalue weighted by Gasteiger charge is -2.41. The molecule has 1 aliphatic carbocycles. The Labute approximate surface area is 224 Å². The minimum absolute atomic E-state index is 0.273. The van der Waals surface area contributed by atoms with Crippen molar-refractivity contribution in [3.05, 3.63) is 59.2 Å². The SMILES string of the molecule is Cc1ccc2c(c1)CN(C(=O)[C@@]1(C(C)C)CC[C@@H](N3CCC(c4cccc(-c5nn[nH]n5)c4)CC3)C1)CO2. The smallest absolute Gasteiger partial charge is 0.232 e. The predicted molar refractivity (Wildman–Crippen MR) is 145 cm³/mol. The van der Waals surface area contributed by atoms with Gasteiger partial charge in [-0.25, -0.2) is 0 Å². The minimum atomic E-state index is -0.314. The van der Waals surface area contributed by atoms with Crippen molar-refractivity contribution in [1.29, 1.82) is 0 Å². The van der Waals surface area contributed by atoms with Crippen molar-refractivity contribution < 1.29 is 9.53 Å². The van der Waals surface area contributed by atoms with Gasteiger partial charge in [0, 0.05) is 17.2 Å². The standard InChI is InChI=1S/C30H38N6O2/c1-20(2)30(29(37)36-18-25-15-21(3)7-8-27(25)38-19-36)12-9-26(17-30)35-13-10-22(11-14-35)23-5-4-6-24(16-23)28-31-33-34-32-28/h4-8,15-16,20,22,26H,9-14,17-19H2,1-3H3,(H,31,32,33,34)/t26-,30+/m1/s1. The Morgan fingerprint density at radius 2 is 1.97 bits per heavy atom. The maximum atomic E-state index is 14.1. The largest absolute Gasteiger partial charge is 0.473 e. The highest BCUT2D eigenvalue weighted by atomic mass is 16.5. The number of carbonyl (C=O) groups is 1. The second-order valence-electron chi connectivity index (χ2n) is 11.8. The van der Waals surface area contributed by atoms with E-state index >= 15 is 0 Å². The normalized spacial score (nSPS) is 24.4. The molecule has 0 spiro atoms. The second kappa shape index (κ2) is 10.1. The van der Waals surface area contributed by atoms with Gasteiger partial charge in [-0.2, -0.15) is 5.21 Å². The van der Waals surface area contributed by atoms with Gasteiger partial charge in [0.25, 0.3) is 0 Å². The molecule has 2 atom stereocenters. The number of H-pyrrole nitrogens is 1. The van der Waals surface area contributed by atoms with Gasteiger partial charge in [-0.3, -0.25) is 4.79 Å². The highest BCUT2D eigenvalue weighted by Crippen LogP contribution is 2.49. The minimum Gasteiger partial charge on any atom is -0.473 e. The van der Waals surface area contributed by atoms with Crippen LogP contribution in [-0.4, -0.2) is 62.2 Å². The summed E-state index contributed by atoms with van der Waals surface area (Å²) in [6, 6.07) is 15.3. The van der Waals surface area contributed by atoms with Gasteiger partial charge < -0.3 is 14.5 Å². The first-order valence-corrected chi connectivity index (χ1v) is 14.0. The van der Waals surface area contributed by atoms with Crippen molar-refractivity contribution in [1.82, 2.24) is 30.4 Å². The van der Waals surface area contributed by atoms with Crippen molar-refractivity contribution in [2.75, 3.05) is 19.8 Å². The van der Waals surface area contributed by atoms with Crippen molar-refractivity contribution >= 4 is 5.91 Å². The monoisotopic (exact) mass is 514 g/mol. The van der Waals surface area contributed by atoms with Crippen LogP contribution in [0.5, 0.6) is 5.75 Å². The number of nitrogens with zero attached hydrogens (tertiary/aromatic N) is 5. The van der Waals surface area contributed by atoms with Crippen LogP contribution < -0.4 is 4.74 Å². The molecule has 8 nitrogen and oxygen atoms in total. The molecular weight excluding hydrogens is 476 g/mol. The number of hydrogen-bond acceptors (Lipinski definition) is 6. The molecule has 0 radical (unpaired) electrons. The van der Waals surface area contributed by atoms with Crippen LogP contribution in [0.15, 0.2) is 42.5 Å². The fourth-order valence-electron chi connectivity index (χ4n) is 6.96. The molecule has 3 aromatic rings. The van der Waals surface area contributed by atoms with E-state index in [1.807, 2.05) is 17.0 Å². The fourth-order valence-corrected chi connectivity index (χ4v) is 6.96. The zero-order valence-electron chi connectivity index (χ0n) is 22.7. The number of nitrogens with one attached hydrogen (secondary N) is 1. The van der Waals surface area contributed by atoms with E-state index in [4.69, 9.17) is 4.74 Å². The average molecular weight is 515 g/mol. The van der Waals surface area contributed by atoms with Crippen LogP contribution >= 0.6 is 0 Å². The Kier molecular flexibility index (Phi) is 6.68. The van der Waals surface area contributed by atoms with Crippen molar-refractivity contribution in [2.24, 2.45) is 11.3 Å². The van der Waals surface area contributed by atoms with E-state index in [9.17, 15) is 4.79 Å². The lowest BCUT2D eigenvalue weighted by Crippen LogP contribution is -2.49. The van der Waals surface area contributed by atoms with Gasteiger partial charge in [-0.15, -0.1) is 10.2 Å². The highest BCUT2D eigenvalue weighted by Gasteiger charge is 2.51. The number of piperidine rings is 1. The van der Waals surface area contributed by atoms with E-state index in [1.54, 1.807) is 0 Å². The third-order valence-electron chi connectivity index (χ3n) is 9.30. The molecule has 2 aromatic carbocycles. The van der Waals surface area contributed by atoms with E-state index < -0.39 is 0 Å². The van der Waals surface area contributed by atoms with Crippen molar-refractivity contribution in [2.45, 2.75) is 71.4 Å². The number of aromatic amines is 1. The number of fused-ring (bicyclic) bond motifs is 1. The Morgan fingerprint density at radius 1 is 1.13 bits per heavy atom. The van der Waals surface area contributed by atoms with Crippen LogP contribution in [0.4, 0.5) is 0 Å². The first-order valence-electron chi connectivity index (χ1n) is 14.0. The molecule has 6 rings (SSSR count). The van der Waals surface area contributed by atoms with Gasteiger partial charge >= 0.3 is 0 Å². The van der Waals surface area contributed by atoms with Gasteiger partial charge in [0.2, 0.25) is 11.7 Å². The summed E-state index contributed by atoms with van der Waals surface area (Å²) in [5.41, 5.74) is 4.36. The summed E-state index contributed by atoms with van der Waals surface area (Å²) in [5.74, 6) is 2.65. The number of likely N-dealkylation sites (tertiary alicyclic amines) is 1. The zero-order valence-corrected chi connectivity index (χ0v) is 22.7. The predicted octanol–water partition coefficient (Wildman–Crippen LogP) is 4.93. The van der Waals surface area contributed by atoms with E-state index in [0.29, 0.717) is 37.0 Å². The number of ether oxygens (including phenoxy) is 1. The number of hydrogen-bond donors (Lipinski definition) is 1. The van der Waals surface area contributed by atoms with Gasteiger partial charge in [-0.1, -0.05) is 49.7 Å². The number of aryl methyl sites for hydroxylation is 1. The van der Waals surface area contributed by atoms with Gasteiger partial charge in [-0.05, 0) is 86.9 Å². The first-order chi connectivity index (χ1) is 18.4. The molecule has 38 heavy (non-hydrogen) atoms.